The van der Waals surface area contributed by atoms with Crippen LogP contribution in [-0.2, 0) is 4.79 Å². The van der Waals surface area contributed by atoms with Crippen molar-refractivity contribution in [3.05, 3.63) is 0 Å². The second kappa shape index (κ2) is 4.47. The van der Waals surface area contributed by atoms with Crippen LogP contribution in [0, 0.1) is 11.8 Å². The molecular weight excluding hydrogens is 236 g/mol. The highest BCUT2D eigenvalue weighted by Gasteiger charge is 2.60. The van der Waals surface area contributed by atoms with Crippen molar-refractivity contribution in [3.8, 4) is 0 Å². The molecule has 19 heavy (non-hydrogen) atoms. The summed E-state index contributed by atoms with van der Waals surface area (Å²) in [5, 5.41) is 3.72. The highest BCUT2D eigenvalue weighted by atomic mass is 16.2. The van der Waals surface area contributed by atoms with Crippen LogP contribution in [0.5, 0.6) is 0 Å². The maximum atomic E-state index is 12.6. The molecule has 1 unspecified atom stereocenters. The van der Waals surface area contributed by atoms with E-state index in [1.54, 1.807) is 0 Å². The van der Waals surface area contributed by atoms with Crippen molar-refractivity contribution in [3.63, 3.8) is 0 Å². The monoisotopic (exact) mass is 262 g/mol. The van der Waals surface area contributed by atoms with E-state index in [1.807, 2.05) is 0 Å². The summed E-state index contributed by atoms with van der Waals surface area (Å²) in [6, 6.07) is 0. The Balaban J connectivity index is 1.45. The number of nitrogens with zero attached hydrogens (tertiary/aromatic N) is 1. The lowest BCUT2D eigenvalue weighted by molar-refractivity contribution is -0.131. The summed E-state index contributed by atoms with van der Waals surface area (Å²) >= 11 is 0. The van der Waals surface area contributed by atoms with Crippen LogP contribution in [0.3, 0.4) is 0 Å². The van der Waals surface area contributed by atoms with Crippen LogP contribution >= 0.6 is 0 Å². The molecular formula is C16H26N2O. The van der Waals surface area contributed by atoms with Crippen LogP contribution < -0.4 is 5.32 Å². The van der Waals surface area contributed by atoms with E-state index in [2.05, 4.69) is 10.2 Å². The van der Waals surface area contributed by atoms with Crippen molar-refractivity contribution in [1.82, 2.24) is 10.2 Å². The highest BCUT2D eigenvalue weighted by Crippen LogP contribution is 2.45. The summed E-state index contributed by atoms with van der Waals surface area (Å²) in [6.07, 6.45) is 13.3. The molecule has 0 aromatic carbocycles. The summed E-state index contributed by atoms with van der Waals surface area (Å²) < 4.78 is 0. The molecule has 1 atom stereocenters. The fourth-order valence-electron chi connectivity index (χ4n) is 4.30. The fraction of sp³-hybridized carbons (Fsp3) is 0.938. The minimum atomic E-state index is -0.104. The maximum Gasteiger partial charge on any atom is 0.244 e. The molecule has 3 saturated carbocycles. The quantitative estimate of drug-likeness (QED) is 0.845. The minimum absolute atomic E-state index is 0.104. The predicted molar refractivity (Wildman–Crippen MR) is 74.5 cm³/mol. The van der Waals surface area contributed by atoms with E-state index >= 15 is 0 Å². The van der Waals surface area contributed by atoms with Gasteiger partial charge in [-0.15, -0.1) is 0 Å². The van der Waals surface area contributed by atoms with Gasteiger partial charge in [-0.25, -0.2) is 0 Å². The standard InChI is InChI=1S/C16H26N2O/c19-15-16(9-10-16)17-14(13-6-1-2-7-13)18(15)11-8-12-4-3-5-12/h12-14,17H,1-11H2. The Morgan fingerprint density at radius 2 is 1.84 bits per heavy atom. The molecule has 0 aromatic heterocycles. The largest absolute Gasteiger partial charge is 0.325 e. The average molecular weight is 262 g/mol. The Morgan fingerprint density at radius 3 is 2.42 bits per heavy atom. The van der Waals surface area contributed by atoms with Crippen LogP contribution in [0.1, 0.15) is 64.2 Å². The van der Waals surface area contributed by atoms with E-state index in [0.29, 0.717) is 12.1 Å². The number of rotatable bonds is 4. The maximum absolute atomic E-state index is 12.6. The van der Waals surface area contributed by atoms with E-state index in [4.69, 9.17) is 0 Å². The molecule has 0 aromatic rings. The zero-order valence-corrected chi connectivity index (χ0v) is 11.9. The van der Waals surface area contributed by atoms with Gasteiger partial charge in [-0.05, 0) is 43.9 Å². The van der Waals surface area contributed by atoms with E-state index in [9.17, 15) is 4.79 Å². The van der Waals surface area contributed by atoms with Crippen LogP contribution in [0.2, 0.25) is 0 Å². The first-order chi connectivity index (χ1) is 9.28. The number of nitrogens with one attached hydrogen (secondary N) is 1. The Kier molecular flexibility index (Phi) is 2.87. The Morgan fingerprint density at radius 1 is 1.11 bits per heavy atom. The third kappa shape index (κ3) is 2.01. The molecule has 1 aliphatic heterocycles. The molecule has 1 spiro atoms. The summed E-state index contributed by atoms with van der Waals surface area (Å²) in [5.41, 5.74) is -0.104. The van der Waals surface area contributed by atoms with Crippen LogP contribution in [0.15, 0.2) is 0 Å². The van der Waals surface area contributed by atoms with E-state index < -0.39 is 0 Å². The lowest BCUT2D eigenvalue weighted by Gasteiger charge is -2.32. The first kappa shape index (κ1) is 12.2. The second-order valence-electron chi connectivity index (χ2n) is 7.30. The Labute approximate surface area is 116 Å². The Hall–Kier alpha value is -0.570. The fourth-order valence-corrected chi connectivity index (χ4v) is 4.30. The normalized spacial score (nSPS) is 34.2. The lowest BCUT2D eigenvalue weighted by Crippen LogP contribution is -2.43. The van der Waals surface area contributed by atoms with Gasteiger partial charge in [0.15, 0.2) is 0 Å². The molecule has 0 bridgehead atoms. The molecule has 1 saturated heterocycles. The predicted octanol–water partition coefficient (Wildman–Crippen LogP) is 2.66. The van der Waals surface area contributed by atoms with Gasteiger partial charge in [-0.2, -0.15) is 0 Å². The van der Waals surface area contributed by atoms with Crippen LogP contribution in [0.4, 0.5) is 0 Å². The molecule has 3 aliphatic carbocycles. The molecule has 106 valence electrons. The van der Waals surface area contributed by atoms with Gasteiger partial charge < -0.3 is 4.90 Å². The molecule has 4 fully saturated rings. The Bertz CT molecular complexity index is 367. The molecule has 4 rings (SSSR count). The number of carbonyl (C=O) groups is 1. The van der Waals surface area contributed by atoms with E-state index in [1.165, 1.54) is 51.4 Å². The molecule has 1 heterocycles. The van der Waals surface area contributed by atoms with Gasteiger partial charge >= 0.3 is 0 Å². The summed E-state index contributed by atoms with van der Waals surface area (Å²) in [7, 11) is 0. The summed E-state index contributed by atoms with van der Waals surface area (Å²) in [6.45, 7) is 1.01. The molecule has 1 N–H and O–H groups in total. The topological polar surface area (TPSA) is 32.3 Å². The van der Waals surface area contributed by atoms with E-state index in [0.717, 1.165) is 31.2 Å². The third-order valence-corrected chi connectivity index (χ3v) is 6.03. The number of hydrogen-bond acceptors (Lipinski definition) is 2. The van der Waals surface area contributed by atoms with Crippen molar-refractivity contribution in [2.75, 3.05) is 6.54 Å². The highest BCUT2D eigenvalue weighted by molar-refractivity contribution is 5.91. The van der Waals surface area contributed by atoms with Crippen molar-refractivity contribution >= 4 is 5.91 Å². The molecule has 3 heteroatoms. The SMILES string of the molecule is O=C1N(CCC2CCC2)C(C2CCCC2)NC12CC2. The van der Waals surface area contributed by atoms with Gasteiger partial charge in [0.1, 0.15) is 0 Å². The zero-order chi connectivity index (χ0) is 12.9. The average Bonchev–Trinajstić information content (AvgIpc) is 2.83. The number of amides is 1. The van der Waals surface area contributed by atoms with Crippen molar-refractivity contribution in [2.24, 2.45) is 11.8 Å². The minimum Gasteiger partial charge on any atom is -0.325 e. The molecule has 3 nitrogen and oxygen atoms in total. The van der Waals surface area contributed by atoms with E-state index in [-0.39, 0.29) is 5.54 Å². The van der Waals surface area contributed by atoms with Gasteiger partial charge in [0.2, 0.25) is 5.91 Å². The van der Waals surface area contributed by atoms with Gasteiger partial charge in [0.05, 0.1) is 11.7 Å². The van der Waals surface area contributed by atoms with Crippen molar-refractivity contribution in [1.29, 1.82) is 0 Å². The van der Waals surface area contributed by atoms with Gasteiger partial charge in [0.25, 0.3) is 0 Å². The first-order valence-electron chi connectivity index (χ1n) is 8.37. The molecule has 1 amide bonds. The van der Waals surface area contributed by atoms with Crippen molar-refractivity contribution < 1.29 is 4.79 Å². The van der Waals surface area contributed by atoms with Crippen molar-refractivity contribution in [2.45, 2.75) is 75.9 Å². The van der Waals surface area contributed by atoms with Gasteiger partial charge in [0, 0.05) is 6.54 Å². The summed E-state index contributed by atoms with van der Waals surface area (Å²) in [5.74, 6) is 2.07. The number of hydrogen-bond donors (Lipinski definition) is 1. The molecule has 4 aliphatic rings. The smallest absolute Gasteiger partial charge is 0.244 e. The number of carbonyl (C=O) groups excluding carboxylic acids is 1. The molecule has 0 radical (unpaired) electrons. The van der Waals surface area contributed by atoms with Gasteiger partial charge in [-0.1, -0.05) is 32.1 Å². The van der Waals surface area contributed by atoms with Crippen LogP contribution in [0.25, 0.3) is 0 Å². The first-order valence-corrected chi connectivity index (χ1v) is 8.37. The van der Waals surface area contributed by atoms with Crippen LogP contribution in [-0.4, -0.2) is 29.1 Å². The summed E-state index contributed by atoms with van der Waals surface area (Å²) in [4.78, 5) is 14.9. The lowest BCUT2D eigenvalue weighted by atomic mass is 9.83. The third-order valence-electron chi connectivity index (χ3n) is 6.03. The zero-order valence-electron chi connectivity index (χ0n) is 11.9. The second-order valence-corrected chi connectivity index (χ2v) is 7.30. The van der Waals surface area contributed by atoms with Gasteiger partial charge in [-0.3, -0.25) is 10.1 Å².